The van der Waals surface area contributed by atoms with Gasteiger partial charge in [-0.15, -0.1) is 0 Å². The topological polar surface area (TPSA) is 32.5 Å². The lowest BCUT2D eigenvalue weighted by Gasteiger charge is -2.39. The summed E-state index contributed by atoms with van der Waals surface area (Å²) in [6.07, 6.45) is 2.74. The Morgan fingerprint density at radius 1 is 1.24 bits per heavy atom. The molecule has 3 rings (SSSR count). The van der Waals surface area contributed by atoms with Gasteiger partial charge in [-0.3, -0.25) is 4.90 Å². The molecule has 0 spiro atoms. The minimum Gasteiger partial charge on any atom is -0.369 e. The van der Waals surface area contributed by atoms with E-state index in [0.717, 1.165) is 12.6 Å². The van der Waals surface area contributed by atoms with Crippen LogP contribution in [0.4, 0.5) is 5.69 Å². The molecule has 2 aliphatic rings. The summed E-state index contributed by atoms with van der Waals surface area (Å²) in [6.45, 7) is 5.51. The predicted molar refractivity (Wildman–Crippen MR) is 71.1 cm³/mol. The second-order valence-corrected chi connectivity index (χ2v) is 5.15. The van der Waals surface area contributed by atoms with Crippen molar-refractivity contribution in [1.82, 2.24) is 4.90 Å². The largest absolute Gasteiger partial charge is 0.369 e. The number of rotatable bonds is 2. The number of hydrogen-bond donors (Lipinski definition) is 1. The minimum atomic E-state index is 0.636. The second-order valence-electron chi connectivity index (χ2n) is 5.15. The third-order valence-electron chi connectivity index (χ3n) is 4.10. The van der Waals surface area contributed by atoms with E-state index >= 15 is 0 Å². The molecule has 0 aromatic heterocycles. The van der Waals surface area contributed by atoms with Crippen LogP contribution in [0.2, 0.25) is 0 Å². The first-order valence-electron chi connectivity index (χ1n) is 6.65. The molecule has 1 atom stereocenters. The molecule has 0 amide bonds. The van der Waals surface area contributed by atoms with Crippen LogP contribution in [0.5, 0.6) is 0 Å². The summed E-state index contributed by atoms with van der Waals surface area (Å²) in [5.74, 6) is 0. The summed E-state index contributed by atoms with van der Waals surface area (Å²) in [5, 5.41) is 0. The average molecular weight is 231 g/mol. The van der Waals surface area contributed by atoms with Crippen LogP contribution in [0.3, 0.4) is 0 Å². The fourth-order valence-electron chi connectivity index (χ4n) is 3.11. The summed E-state index contributed by atoms with van der Waals surface area (Å²) in [6, 6.07) is 9.47. The van der Waals surface area contributed by atoms with Gasteiger partial charge in [-0.25, -0.2) is 0 Å². The van der Waals surface area contributed by atoms with Gasteiger partial charge in [-0.1, -0.05) is 12.1 Å². The molecule has 2 N–H and O–H groups in total. The number of anilines is 1. The quantitative estimate of drug-likeness (QED) is 0.835. The zero-order valence-electron chi connectivity index (χ0n) is 10.3. The third-order valence-corrected chi connectivity index (χ3v) is 4.10. The standard InChI is InChI=1S/C14H21N3/c15-10-12-3-1-4-13(9-12)17-8-7-16-6-2-5-14(16)11-17/h1,3-4,9,14H,2,5-8,10-11,15H2. The molecule has 0 radical (unpaired) electrons. The smallest absolute Gasteiger partial charge is 0.0370 e. The van der Waals surface area contributed by atoms with Gasteiger partial charge in [0.1, 0.15) is 0 Å². The maximum atomic E-state index is 5.71. The number of benzene rings is 1. The Hall–Kier alpha value is -1.06. The van der Waals surface area contributed by atoms with Crippen molar-refractivity contribution in [2.45, 2.75) is 25.4 Å². The molecular formula is C14H21N3. The van der Waals surface area contributed by atoms with Gasteiger partial charge in [0.2, 0.25) is 0 Å². The summed E-state index contributed by atoms with van der Waals surface area (Å²) >= 11 is 0. The summed E-state index contributed by atoms with van der Waals surface area (Å²) in [7, 11) is 0. The van der Waals surface area contributed by atoms with Crippen molar-refractivity contribution in [2.75, 3.05) is 31.1 Å². The molecule has 2 aliphatic heterocycles. The number of hydrogen-bond acceptors (Lipinski definition) is 3. The molecule has 2 heterocycles. The molecule has 3 heteroatoms. The van der Waals surface area contributed by atoms with Crippen molar-refractivity contribution in [2.24, 2.45) is 5.73 Å². The van der Waals surface area contributed by atoms with Crippen LogP contribution in [0, 0.1) is 0 Å². The van der Waals surface area contributed by atoms with Crippen LogP contribution >= 0.6 is 0 Å². The zero-order valence-corrected chi connectivity index (χ0v) is 10.3. The minimum absolute atomic E-state index is 0.636. The summed E-state index contributed by atoms with van der Waals surface area (Å²) in [4.78, 5) is 5.16. The molecule has 1 unspecified atom stereocenters. The highest BCUT2D eigenvalue weighted by Gasteiger charge is 2.30. The van der Waals surface area contributed by atoms with Crippen molar-refractivity contribution in [3.05, 3.63) is 29.8 Å². The molecule has 92 valence electrons. The summed E-state index contributed by atoms with van der Waals surface area (Å²) in [5.41, 5.74) is 8.29. The maximum absolute atomic E-state index is 5.71. The lowest BCUT2D eigenvalue weighted by atomic mass is 10.1. The van der Waals surface area contributed by atoms with E-state index in [1.165, 1.54) is 43.7 Å². The van der Waals surface area contributed by atoms with E-state index in [-0.39, 0.29) is 0 Å². The van der Waals surface area contributed by atoms with Crippen LogP contribution in [0.25, 0.3) is 0 Å². The first kappa shape index (κ1) is 11.1. The molecule has 2 saturated heterocycles. The van der Waals surface area contributed by atoms with Gasteiger partial charge in [0.05, 0.1) is 0 Å². The Balaban J connectivity index is 1.75. The number of nitrogens with two attached hydrogens (primary N) is 1. The van der Waals surface area contributed by atoms with Gasteiger partial charge in [-0.2, -0.15) is 0 Å². The Morgan fingerprint density at radius 3 is 3.06 bits per heavy atom. The molecular weight excluding hydrogens is 210 g/mol. The SMILES string of the molecule is NCc1cccc(N2CCN3CCCC3C2)c1. The lowest BCUT2D eigenvalue weighted by Crippen LogP contribution is -2.50. The van der Waals surface area contributed by atoms with Crippen molar-refractivity contribution < 1.29 is 0 Å². The van der Waals surface area contributed by atoms with Crippen molar-refractivity contribution in [3.63, 3.8) is 0 Å². The first-order chi connectivity index (χ1) is 8.36. The van der Waals surface area contributed by atoms with Crippen LogP contribution in [0.1, 0.15) is 18.4 Å². The predicted octanol–water partition coefficient (Wildman–Crippen LogP) is 1.43. The maximum Gasteiger partial charge on any atom is 0.0370 e. The van der Waals surface area contributed by atoms with E-state index in [9.17, 15) is 0 Å². The Labute approximate surface area is 103 Å². The number of piperazine rings is 1. The van der Waals surface area contributed by atoms with Crippen LogP contribution in [0.15, 0.2) is 24.3 Å². The van der Waals surface area contributed by atoms with Crippen LogP contribution in [-0.4, -0.2) is 37.1 Å². The highest BCUT2D eigenvalue weighted by molar-refractivity contribution is 5.49. The number of fused-ring (bicyclic) bond motifs is 1. The van der Waals surface area contributed by atoms with E-state index in [0.29, 0.717) is 6.54 Å². The number of nitrogens with zero attached hydrogens (tertiary/aromatic N) is 2. The third kappa shape index (κ3) is 2.17. The fraction of sp³-hybridized carbons (Fsp3) is 0.571. The first-order valence-corrected chi connectivity index (χ1v) is 6.65. The van der Waals surface area contributed by atoms with Crippen LogP contribution < -0.4 is 10.6 Å². The van der Waals surface area contributed by atoms with E-state index in [4.69, 9.17) is 5.73 Å². The average Bonchev–Trinajstić information content (AvgIpc) is 2.86. The van der Waals surface area contributed by atoms with Gasteiger partial charge >= 0.3 is 0 Å². The molecule has 3 nitrogen and oxygen atoms in total. The van der Waals surface area contributed by atoms with Crippen molar-refractivity contribution in [3.8, 4) is 0 Å². The monoisotopic (exact) mass is 231 g/mol. The summed E-state index contributed by atoms with van der Waals surface area (Å²) < 4.78 is 0. The highest BCUT2D eigenvalue weighted by Crippen LogP contribution is 2.25. The molecule has 17 heavy (non-hydrogen) atoms. The second kappa shape index (κ2) is 4.67. The van der Waals surface area contributed by atoms with E-state index in [1.807, 2.05) is 0 Å². The van der Waals surface area contributed by atoms with Gasteiger partial charge in [0.25, 0.3) is 0 Å². The van der Waals surface area contributed by atoms with Crippen LogP contribution in [-0.2, 0) is 6.54 Å². The fourth-order valence-corrected chi connectivity index (χ4v) is 3.11. The van der Waals surface area contributed by atoms with Crippen molar-refractivity contribution in [1.29, 1.82) is 0 Å². The highest BCUT2D eigenvalue weighted by atomic mass is 15.3. The van der Waals surface area contributed by atoms with Gasteiger partial charge in [0, 0.05) is 37.9 Å². The molecule has 0 bridgehead atoms. The van der Waals surface area contributed by atoms with Gasteiger partial charge in [-0.05, 0) is 37.1 Å². The Kier molecular flexibility index (Phi) is 3.04. The lowest BCUT2D eigenvalue weighted by molar-refractivity contribution is 0.231. The molecule has 0 saturated carbocycles. The Bertz CT molecular complexity index is 391. The zero-order chi connectivity index (χ0) is 11.7. The molecule has 2 fully saturated rings. The Morgan fingerprint density at radius 2 is 2.18 bits per heavy atom. The van der Waals surface area contributed by atoms with Crippen molar-refractivity contribution >= 4 is 5.69 Å². The van der Waals surface area contributed by atoms with Gasteiger partial charge < -0.3 is 10.6 Å². The molecule has 1 aromatic rings. The molecule has 1 aromatic carbocycles. The van der Waals surface area contributed by atoms with E-state index in [2.05, 4.69) is 34.1 Å². The molecule has 0 aliphatic carbocycles. The van der Waals surface area contributed by atoms with Gasteiger partial charge in [0.15, 0.2) is 0 Å². The van der Waals surface area contributed by atoms with E-state index < -0.39 is 0 Å². The normalized spacial score (nSPS) is 25.0. The van der Waals surface area contributed by atoms with E-state index in [1.54, 1.807) is 0 Å².